The van der Waals surface area contributed by atoms with Crippen LogP contribution in [0.5, 0.6) is 0 Å². The summed E-state index contributed by atoms with van der Waals surface area (Å²) in [5.74, 6) is 0. The second-order valence-electron chi connectivity index (χ2n) is 5.20. The zero-order chi connectivity index (χ0) is 15.6. The monoisotopic (exact) mass is 443 g/mol. The van der Waals surface area contributed by atoms with Gasteiger partial charge in [-0.15, -0.1) is 49.6 Å². The molecule has 0 spiro atoms. The van der Waals surface area contributed by atoms with Crippen LogP contribution in [0.4, 0.5) is 22.7 Å². The minimum atomic E-state index is 0. The maximum atomic E-state index is 5.65. The van der Waals surface area contributed by atoms with Gasteiger partial charge in [0.1, 0.15) is 0 Å². The molecule has 2 rings (SSSR count). The van der Waals surface area contributed by atoms with Crippen LogP contribution in [0, 0.1) is 0 Å². The van der Waals surface area contributed by atoms with Gasteiger partial charge in [0.25, 0.3) is 0 Å². The molecule has 0 amide bonds. The number of hydrogen-bond acceptors (Lipinski definition) is 5. The van der Waals surface area contributed by atoms with Gasteiger partial charge in [0, 0.05) is 42.4 Å². The van der Waals surface area contributed by atoms with Crippen LogP contribution in [0.25, 0.3) is 0 Å². The van der Waals surface area contributed by atoms with Crippen LogP contribution in [-0.2, 0) is 0 Å². The van der Waals surface area contributed by atoms with Gasteiger partial charge in [-0.3, -0.25) is 0 Å². The smallest absolute Gasteiger partial charge is 0.0342 e. The fourth-order valence-corrected chi connectivity index (χ4v) is 2.07. The van der Waals surface area contributed by atoms with Gasteiger partial charge in [0.15, 0.2) is 0 Å². The second-order valence-corrected chi connectivity index (χ2v) is 5.20. The first kappa shape index (κ1) is 29.5. The molecule has 0 aliphatic carbocycles. The molecule has 0 aliphatic heterocycles. The van der Waals surface area contributed by atoms with Crippen LogP contribution < -0.4 is 27.4 Å². The summed E-state index contributed by atoms with van der Waals surface area (Å²) < 4.78 is 0. The molecule has 0 saturated heterocycles. The zero-order valence-corrected chi connectivity index (χ0v) is 17.7. The number of nitrogen functional groups attached to an aromatic ring is 2. The lowest BCUT2D eigenvalue weighted by Gasteiger charge is -2.09. The highest BCUT2D eigenvalue weighted by Crippen LogP contribution is 2.10. The Hall–Kier alpha value is -1.24. The van der Waals surface area contributed by atoms with Crippen LogP contribution in [0.3, 0.4) is 0 Å². The molecular weight excluding hydrogens is 416 g/mol. The first-order chi connectivity index (χ1) is 10.7. The van der Waals surface area contributed by atoms with Crippen LogP contribution in [0.1, 0.15) is 6.42 Å². The predicted octanol–water partition coefficient (Wildman–Crippen LogP) is 4.04. The number of anilines is 4. The molecule has 26 heavy (non-hydrogen) atoms. The standard InChI is InChI=1S/C17H25N5.4ClH/c18-14-2-6-16(7-3-14)21-11-1-10-20-12-13-22-17-8-4-15(19)5-9-17;;;;/h2-9,20-22H,1,10-13,18-19H2;4*1H. The average molecular weight is 445 g/mol. The topological polar surface area (TPSA) is 88.1 Å². The van der Waals surface area contributed by atoms with Crippen molar-refractivity contribution in [3.05, 3.63) is 48.5 Å². The van der Waals surface area contributed by atoms with E-state index in [1.807, 2.05) is 48.5 Å². The molecule has 0 aliphatic rings. The predicted molar refractivity (Wildman–Crippen MR) is 125 cm³/mol. The number of halogens is 4. The molecule has 0 saturated carbocycles. The fourth-order valence-electron chi connectivity index (χ4n) is 2.07. The van der Waals surface area contributed by atoms with E-state index in [0.717, 1.165) is 55.3 Å². The van der Waals surface area contributed by atoms with Crippen LogP contribution in [0.15, 0.2) is 48.5 Å². The Kier molecular flexibility index (Phi) is 19.5. The van der Waals surface area contributed by atoms with Crippen molar-refractivity contribution >= 4 is 72.4 Å². The summed E-state index contributed by atoms with van der Waals surface area (Å²) in [5, 5.41) is 10.1. The Morgan fingerprint density at radius 3 is 1.42 bits per heavy atom. The van der Waals surface area contributed by atoms with Crippen molar-refractivity contribution in [3.63, 3.8) is 0 Å². The Bertz CT molecular complexity index is 501. The molecular formula is C17H29Cl4N5. The summed E-state index contributed by atoms with van der Waals surface area (Å²) in [5.41, 5.74) is 15.1. The normalized spacial score (nSPS) is 8.77. The first-order valence-corrected chi connectivity index (χ1v) is 7.63. The van der Waals surface area contributed by atoms with Gasteiger partial charge in [-0.25, -0.2) is 0 Å². The molecule has 9 heteroatoms. The number of nitrogens with two attached hydrogens (primary N) is 2. The lowest BCUT2D eigenvalue weighted by atomic mass is 10.3. The van der Waals surface area contributed by atoms with E-state index in [0.29, 0.717) is 0 Å². The van der Waals surface area contributed by atoms with Crippen molar-refractivity contribution in [1.82, 2.24) is 5.32 Å². The molecule has 0 aromatic heterocycles. The molecule has 0 atom stereocenters. The quantitative estimate of drug-likeness (QED) is 0.297. The molecule has 2 aromatic rings. The summed E-state index contributed by atoms with van der Waals surface area (Å²) in [4.78, 5) is 0. The second kappa shape index (κ2) is 17.2. The lowest BCUT2D eigenvalue weighted by molar-refractivity contribution is 0.675. The van der Waals surface area contributed by atoms with Crippen molar-refractivity contribution in [2.45, 2.75) is 6.42 Å². The number of hydrogen-bond donors (Lipinski definition) is 5. The van der Waals surface area contributed by atoms with E-state index in [1.165, 1.54) is 0 Å². The highest BCUT2D eigenvalue weighted by Gasteiger charge is 1.93. The zero-order valence-electron chi connectivity index (χ0n) is 14.4. The van der Waals surface area contributed by atoms with Gasteiger partial charge in [-0.05, 0) is 61.5 Å². The van der Waals surface area contributed by atoms with Crippen LogP contribution >= 0.6 is 49.6 Å². The van der Waals surface area contributed by atoms with Gasteiger partial charge in [-0.2, -0.15) is 0 Å². The minimum absolute atomic E-state index is 0. The van der Waals surface area contributed by atoms with Crippen LogP contribution in [-0.4, -0.2) is 26.2 Å². The van der Waals surface area contributed by atoms with Crippen molar-refractivity contribution in [2.24, 2.45) is 0 Å². The van der Waals surface area contributed by atoms with E-state index in [1.54, 1.807) is 0 Å². The number of benzene rings is 2. The molecule has 7 N–H and O–H groups in total. The van der Waals surface area contributed by atoms with Gasteiger partial charge < -0.3 is 27.4 Å². The highest BCUT2D eigenvalue weighted by atomic mass is 35.5. The largest absolute Gasteiger partial charge is 0.399 e. The summed E-state index contributed by atoms with van der Waals surface area (Å²) >= 11 is 0. The maximum Gasteiger partial charge on any atom is 0.0342 e. The lowest BCUT2D eigenvalue weighted by Crippen LogP contribution is -2.24. The van der Waals surface area contributed by atoms with Crippen molar-refractivity contribution in [1.29, 1.82) is 0 Å². The van der Waals surface area contributed by atoms with Crippen molar-refractivity contribution in [2.75, 3.05) is 48.3 Å². The van der Waals surface area contributed by atoms with Gasteiger partial charge in [0.05, 0.1) is 0 Å². The van der Waals surface area contributed by atoms with E-state index in [2.05, 4.69) is 16.0 Å². The molecule has 150 valence electrons. The van der Waals surface area contributed by atoms with E-state index >= 15 is 0 Å². The molecule has 2 aromatic carbocycles. The third-order valence-electron chi connectivity index (χ3n) is 3.31. The summed E-state index contributed by atoms with van der Waals surface area (Å²) in [7, 11) is 0. The summed E-state index contributed by atoms with van der Waals surface area (Å²) in [6, 6.07) is 15.6. The minimum Gasteiger partial charge on any atom is -0.399 e. The van der Waals surface area contributed by atoms with Gasteiger partial charge >= 0.3 is 0 Å². The molecule has 0 fully saturated rings. The molecule has 0 radical (unpaired) electrons. The third-order valence-corrected chi connectivity index (χ3v) is 3.31. The third kappa shape index (κ3) is 12.2. The Labute approximate surface area is 180 Å². The van der Waals surface area contributed by atoms with Crippen molar-refractivity contribution in [3.8, 4) is 0 Å². The summed E-state index contributed by atoms with van der Waals surface area (Å²) in [6.07, 6.45) is 1.08. The Balaban J connectivity index is -0.00000132. The highest BCUT2D eigenvalue weighted by molar-refractivity contribution is 5.86. The first-order valence-electron chi connectivity index (χ1n) is 7.63. The van der Waals surface area contributed by atoms with Crippen LogP contribution in [0.2, 0.25) is 0 Å². The van der Waals surface area contributed by atoms with E-state index < -0.39 is 0 Å². The fraction of sp³-hybridized carbons (Fsp3) is 0.294. The number of rotatable bonds is 9. The summed E-state index contributed by atoms with van der Waals surface area (Å²) in [6.45, 7) is 3.77. The molecule has 0 heterocycles. The van der Waals surface area contributed by atoms with Crippen molar-refractivity contribution < 1.29 is 0 Å². The molecule has 0 unspecified atom stereocenters. The van der Waals surface area contributed by atoms with Gasteiger partial charge in [0.2, 0.25) is 0 Å². The Morgan fingerprint density at radius 1 is 0.538 bits per heavy atom. The molecule has 0 bridgehead atoms. The van der Waals surface area contributed by atoms with E-state index in [9.17, 15) is 0 Å². The Morgan fingerprint density at radius 2 is 0.962 bits per heavy atom. The van der Waals surface area contributed by atoms with E-state index in [4.69, 9.17) is 11.5 Å². The SMILES string of the molecule is Cl.Cl.Cl.Cl.Nc1ccc(NCCCNCCNc2ccc(N)cc2)cc1. The van der Waals surface area contributed by atoms with Gasteiger partial charge in [-0.1, -0.05) is 0 Å². The maximum absolute atomic E-state index is 5.65. The van der Waals surface area contributed by atoms with E-state index in [-0.39, 0.29) is 49.6 Å². The average Bonchev–Trinajstić information content (AvgIpc) is 2.53. The number of nitrogens with one attached hydrogen (secondary N) is 3. The molecule has 5 nitrogen and oxygen atoms in total.